The number of nitrogens with one attached hydrogen (secondary N) is 3. The second-order valence-electron chi connectivity index (χ2n) is 2.67. The minimum Gasteiger partial charge on any atom is -0.358 e. The van der Waals surface area contributed by atoms with E-state index in [4.69, 9.17) is 0 Å². The van der Waals surface area contributed by atoms with Crippen LogP contribution in [-0.2, 0) is 14.4 Å². The molecule has 0 aromatic rings. The van der Waals surface area contributed by atoms with E-state index in [9.17, 15) is 14.4 Å². The summed E-state index contributed by atoms with van der Waals surface area (Å²) >= 11 is 0. The van der Waals surface area contributed by atoms with Gasteiger partial charge in [-0.1, -0.05) is 6.08 Å². The Bertz CT molecular complexity index is 274. The van der Waals surface area contributed by atoms with Gasteiger partial charge in [-0.3, -0.25) is 14.4 Å². The van der Waals surface area contributed by atoms with Crippen molar-refractivity contribution in [3.05, 3.63) is 12.2 Å². The van der Waals surface area contributed by atoms with Gasteiger partial charge in [-0.15, -0.1) is 0 Å². The van der Waals surface area contributed by atoms with Crippen molar-refractivity contribution >= 4 is 17.7 Å². The molecule has 0 bridgehead atoms. The first-order valence-corrected chi connectivity index (χ1v) is 4.48. The van der Waals surface area contributed by atoms with E-state index >= 15 is 0 Å². The summed E-state index contributed by atoms with van der Waals surface area (Å²) in [5.74, 6) is -1.04. The van der Waals surface area contributed by atoms with Gasteiger partial charge in [0.05, 0.1) is 13.1 Å². The van der Waals surface area contributed by atoms with E-state index in [1.165, 1.54) is 13.1 Å². The van der Waals surface area contributed by atoms with E-state index in [2.05, 4.69) is 16.0 Å². The highest BCUT2D eigenvalue weighted by molar-refractivity contribution is 5.92. The number of allylic oxidation sites excluding steroid dienone is 1. The Kier molecular flexibility index (Phi) is 6.61. The largest absolute Gasteiger partial charge is 0.358 e. The van der Waals surface area contributed by atoms with Gasteiger partial charge < -0.3 is 16.0 Å². The SMILES string of the molecule is CC=CC(=O)NCC(=O)NCC(=O)NC. The molecule has 0 aromatic carbocycles. The van der Waals surface area contributed by atoms with E-state index in [-0.39, 0.29) is 24.9 Å². The first-order chi connectivity index (χ1) is 7.10. The normalized spacial score (nSPS) is 9.73. The number of hydrogen-bond acceptors (Lipinski definition) is 3. The maximum absolute atomic E-state index is 11.0. The second-order valence-corrected chi connectivity index (χ2v) is 2.67. The van der Waals surface area contributed by atoms with Gasteiger partial charge in [-0.2, -0.15) is 0 Å². The van der Waals surface area contributed by atoms with Gasteiger partial charge in [0.25, 0.3) is 0 Å². The van der Waals surface area contributed by atoms with Gasteiger partial charge in [0.2, 0.25) is 17.7 Å². The summed E-state index contributed by atoms with van der Waals surface area (Å²) in [5.41, 5.74) is 0. The molecule has 3 N–H and O–H groups in total. The molecular weight excluding hydrogens is 198 g/mol. The van der Waals surface area contributed by atoms with Crippen LogP contribution in [0.25, 0.3) is 0 Å². The molecule has 84 valence electrons. The monoisotopic (exact) mass is 213 g/mol. The van der Waals surface area contributed by atoms with Crippen molar-refractivity contribution in [3.8, 4) is 0 Å². The van der Waals surface area contributed by atoms with Crippen LogP contribution >= 0.6 is 0 Å². The molecule has 0 spiro atoms. The van der Waals surface area contributed by atoms with Crippen LogP contribution in [0.5, 0.6) is 0 Å². The highest BCUT2D eigenvalue weighted by Gasteiger charge is 2.04. The number of carbonyl (C=O) groups is 3. The maximum atomic E-state index is 11.0. The minimum absolute atomic E-state index is 0.0885. The van der Waals surface area contributed by atoms with Gasteiger partial charge in [-0.25, -0.2) is 0 Å². The first kappa shape index (κ1) is 13.2. The maximum Gasteiger partial charge on any atom is 0.244 e. The van der Waals surface area contributed by atoms with Crippen molar-refractivity contribution < 1.29 is 14.4 Å². The molecule has 0 saturated carbocycles. The first-order valence-electron chi connectivity index (χ1n) is 4.48. The van der Waals surface area contributed by atoms with Gasteiger partial charge in [0.15, 0.2) is 0 Å². The summed E-state index contributed by atoms with van der Waals surface area (Å²) in [6.07, 6.45) is 2.88. The van der Waals surface area contributed by atoms with Crippen LogP contribution in [0, 0.1) is 0 Å². The molecule has 0 fully saturated rings. The van der Waals surface area contributed by atoms with Crippen molar-refractivity contribution in [2.24, 2.45) is 0 Å². The summed E-state index contributed by atoms with van der Waals surface area (Å²) in [6.45, 7) is 1.47. The Morgan fingerprint density at radius 1 is 1.07 bits per heavy atom. The molecule has 0 heterocycles. The van der Waals surface area contributed by atoms with Crippen molar-refractivity contribution in [2.45, 2.75) is 6.92 Å². The Hall–Kier alpha value is -1.85. The lowest BCUT2D eigenvalue weighted by molar-refractivity contribution is -0.126. The molecule has 3 amide bonds. The summed E-state index contributed by atoms with van der Waals surface area (Å²) in [7, 11) is 1.47. The fourth-order valence-corrected chi connectivity index (χ4v) is 0.707. The number of hydrogen-bond donors (Lipinski definition) is 3. The van der Waals surface area contributed by atoms with Crippen LogP contribution < -0.4 is 16.0 Å². The fourth-order valence-electron chi connectivity index (χ4n) is 0.707. The van der Waals surface area contributed by atoms with E-state index < -0.39 is 5.91 Å². The standard InChI is InChI=1S/C9H15N3O3/c1-3-4-7(13)11-6-9(15)12-5-8(14)10-2/h3-4H,5-6H2,1-2H3,(H,10,14)(H,11,13)(H,12,15). The van der Waals surface area contributed by atoms with Crippen molar-refractivity contribution in [3.63, 3.8) is 0 Å². The van der Waals surface area contributed by atoms with E-state index in [1.54, 1.807) is 13.0 Å². The fraction of sp³-hybridized carbons (Fsp3) is 0.444. The summed E-state index contributed by atoms with van der Waals surface area (Å²) < 4.78 is 0. The summed E-state index contributed by atoms with van der Waals surface area (Å²) in [4.78, 5) is 32.7. The predicted octanol–water partition coefficient (Wildman–Crippen LogP) is -1.46. The predicted molar refractivity (Wildman–Crippen MR) is 54.9 cm³/mol. The van der Waals surface area contributed by atoms with Crippen molar-refractivity contribution in [1.82, 2.24) is 16.0 Å². The third kappa shape index (κ3) is 7.24. The third-order valence-corrected chi connectivity index (χ3v) is 1.47. The molecule has 0 aromatic heterocycles. The van der Waals surface area contributed by atoms with Crippen LogP contribution in [0.3, 0.4) is 0 Å². The van der Waals surface area contributed by atoms with E-state index in [1.807, 2.05) is 0 Å². The quantitative estimate of drug-likeness (QED) is 0.488. The van der Waals surface area contributed by atoms with Gasteiger partial charge in [0, 0.05) is 7.05 Å². The van der Waals surface area contributed by atoms with Crippen molar-refractivity contribution in [2.75, 3.05) is 20.1 Å². The molecule has 0 atom stereocenters. The average molecular weight is 213 g/mol. The Labute approximate surface area is 88.1 Å². The lowest BCUT2D eigenvalue weighted by Gasteiger charge is -2.04. The molecule has 0 radical (unpaired) electrons. The molecule has 15 heavy (non-hydrogen) atoms. The van der Waals surface area contributed by atoms with Crippen LogP contribution in [0.1, 0.15) is 6.92 Å². The summed E-state index contributed by atoms with van der Waals surface area (Å²) in [6, 6.07) is 0. The zero-order valence-corrected chi connectivity index (χ0v) is 8.79. The lowest BCUT2D eigenvalue weighted by atomic mass is 10.4. The average Bonchev–Trinajstić information content (AvgIpc) is 2.23. The summed E-state index contributed by atoms with van der Waals surface area (Å²) in [5, 5.41) is 7.05. The lowest BCUT2D eigenvalue weighted by Crippen LogP contribution is -2.40. The minimum atomic E-state index is -0.406. The molecule has 0 rings (SSSR count). The zero-order chi connectivity index (χ0) is 11.7. The smallest absolute Gasteiger partial charge is 0.244 e. The van der Waals surface area contributed by atoms with E-state index in [0.29, 0.717) is 0 Å². The number of amides is 3. The molecule has 0 saturated heterocycles. The van der Waals surface area contributed by atoms with Gasteiger partial charge >= 0.3 is 0 Å². The van der Waals surface area contributed by atoms with E-state index in [0.717, 1.165) is 0 Å². The van der Waals surface area contributed by atoms with Crippen LogP contribution in [-0.4, -0.2) is 37.9 Å². The van der Waals surface area contributed by atoms with Crippen LogP contribution in [0.4, 0.5) is 0 Å². The Morgan fingerprint density at radius 2 is 1.67 bits per heavy atom. The zero-order valence-electron chi connectivity index (χ0n) is 8.79. The van der Waals surface area contributed by atoms with Crippen LogP contribution in [0.15, 0.2) is 12.2 Å². The molecule has 6 nitrogen and oxygen atoms in total. The molecule has 0 aliphatic rings. The number of rotatable bonds is 5. The number of likely N-dealkylation sites (N-methyl/N-ethyl adjacent to an activating group) is 1. The van der Waals surface area contributed by atoms with Crippen LogP contribution in [0.2, 0.25) is 0 Å². The number of carbonyl (C=O) groups excluding carboxylic acids is 3. The molecule has 6 heteroatoms. The molecular formula is C9H15N3O3. The third-order valence-electron chi connectivity index (χ3n) is 1.47. The van der Waals surface area contributed by atoms with Gasteiger partial charge in [0.1, 0.15) is 0 Å². The van der Waals surface area contributed by atoms with Gasteiger partial charge in [-0.05, 0) is 13.0 Å². The highest BCUT2D eigenvalue weighted by Crippen LogP contribution is 1.72. The highest BCUT2D eigenvalue weighted by atomic mass is 16.2. The molecule has 0 aliphatic carbocycles. The molecule has 0 unspecified atom stereocenters. The molecule has 0 aliphatic heterocycles. The Balaban J connectivity index is 3.66. The second kappa shape index (κ2) is 7.54. The Morgan fingerprint density at radius 3 is 2.20 bits per heavy atom. The van der Waals surface area contributed by atoms with Crippen molar-refractivity contribution in [1.29, 1.82) is 0 Å². The topological polar surface area (TPSA) is 87.3 Å².